The van der Waals surface area contributed by atoms with Gasteiger partial charge < -0.3 is 9.64 Å². The molecule has 138 valence electrons. The van der Waals surface area contributed by atoms with E-state index in [1.807, 2.05) is 36.5 Å². The molecule has 0 amide bonds. The normalized spacial score (nSPS) is 10.4. The predicted octanol–water partition coefficient (Wildman–Crippen LogP) is 3.20. The lowest BCUT2D eigenvalue weighted by Gasteiger charge is -2.13. The lowest BCUT2D eigenvalue weighted by molar-refractivity contribution is -0.384. The first kappa shape index (κ1) is 18.1. The van der Waals surface area contributed by atoms with E-state index in [1.165, 1.54) is 18.2 Å². The Balaban J connectivity index is 1.69. The molecule has 0 N–H and O–H groups in total. The van der Waals surface area contributed by atoms with Gasteiger partial charge >= 0.3 is 5.97 Å². The van der Waals surface area contributed by atoms with Crippen molar-refractivity contribution in [2.75, 3.05) is 19.0 Å². The van der Waals surface area contributed by atoms with Gasteiger partial charge in [-0.25, -0.2) is 9.48 Å². The monoisotopic (exact) mass is 366 g/mol. The number of hydrogen-bond acceptors (Lipinski definition) is 6. The summed E-state index contributed by atoms with van der Waals surface area (Å²) in [6, 6.07) is 13.5. The molecular formula is C19H18N4O4. The van der Waals surface area contributed by atoms with E-state index in [0.29, 0.717) is 5.69 Å². The summed E-state index contributed by atoms with van der Waals surface area (Å²) in [7, 11) is 3.40. The number of aromatic nitrogens is 2. The van der Waals surface area contributed by atoms with Crippen molar-refractivity contribution in [2.45, 2.75) is 6.61 Å². The maximum atomic E-state index is 12.3. The Kier molecular flexibility index (Phi) is 5.16. The third-order valence-electron chi connectivity index (χ3n) is 3.96. The molecule has 3 aromatic rings. The highest BCUT2D eigenvalue weighted by molar-refractivity contribution is 5.91. The number of benzene rings is 2. The summed E-state index contributed by atoms with van der Waals surface area (Å²) in [5.74, 6) is -0.612. The van der Waals surface area contributed by atoms with Gasteiger partial charge in [0.05, 0.1) is 16.2 Å². The van der Waals surface area contributed by atoms with Gasteiger partial charge in [-0.2, -0.15) is 5.10 Å². The average Bonchev–Trinajstić information content (AvgIpc) is 3.20. The third-order valence-corrected chi connectivity index (χ3v) is 3.96. The number of nitro groups is 1. The van der Waals surface area contributed by atoms with Gasteiger partial charge in [0.1, 0.15) is 12.3 Å². The molecule has 0 saturated carbocycles. The van der Waals surface area contributed by atoms with Crippen molar-refractivity contribution >= 4 is 17.3 Å². The average molecular weight is 366 g/mol. The number of hydrogen-bond donors (Lipinski definition) is 0. The van der Waals surface area contributed by atoms with E-state index in [-0.39, 0.29) is 17.9 Å². The van der Waals surface area contributed by atoms with E-state index in [0.717, 1.165) is 11.3 Å². The molecule has 1 heterocycles. The first-order chi connectivity index (χ1) is 13.0. The first-order valence-electron chi connectivity index (χ1n) is 8.17. The van der Waals surface area contributed by atoms with Crippen molar-refractivity contribution in [3.8, 4) is 5.69 Å². The smallest absolute Gasteiger partial charge is 0.338 e. The summed E-state index contributed by atoms with van der Waals surface area (Å²) < 4.78 is 7.01. The quantitative estimate of drug-likeness (QED) is 0.378. The Hall–Kier alpha value is -3.68. The summed E-state index contributed by atoms with van der Waals surface area (Å²) >= 11 is 0. The molecular weight excluding hydrogens is 348 g/mol. The molecule has 0 spiro atoms. The number of ether oxygens (including phenoxy) is 1. The van der Waals surface area contributed by atoms with Crippen molar-refractivity contribution in [2.24, 2.45) is 0 Å². The minimum Gasteiger partial charge on any atom is -0.457 e. The molecule has 1 aromatic heterocycles. The van der Waals surface area contributed by atoms with Gasteiger partial charge in [-0.1, -0.05) is 12.1 Å². The van der Waals surface area contributed by atoms with Gasteiger partial charge in [-0.3, -0.25) is 10.1 Å². The molecule has 0 bridgehead atoms. The molecule has 0 saturated heterocycles. The van der Waals surface area contributed by atoms with Crippen LogP contribution in [0.2, 0.25) is 0 Å². The minimum atomic E-state index is -0.612. The molecule has 0 atom stereocenters. The molecule has 8 nitrogen and oxygen atoms in total. The second-order valence-electron chi connectivity index (χ2n) is 6.05. The Labute approximate surface area is 155 Å². The molecule has 0 fully saturated rings. The topological polar surface area (TPSA) is 90.5 Å². The van der Waals surface area contributed by atoms with E-state index in [4.69, 9.17) is 4.74 Å². The molecule has 2 aromatic carbocycles. The van der Waals surface area contributed by atoms with Gasteiger partial charge in [0.2, 0.25) is 0 Å². The Bertz CT molecular complexity index is 950. The number of anilines is 1. The van der Waals surface area contributed by atoms with Crippen LogP contribution in [0, 0.1) is 10.1 Å². The predicted molar refractivity (Wildman–Crippen MR) is 100 cm³/mol. The van der Waals surface area contributed by atoms with Crippen molar-refractivity contribution in [3.05, 3.63) is 82.2 Å². The highest BCUT2D eigenvalue weighted by Gasteiger charge is 2.19. The zero-order valence-electron chi connectivity index (χ0n) is 14.9. The van der Waals surface area contributed by atoms with Crippen molar-refractivity contribution in [1.82, 2.24) is 9.78 Å². The van der Waals surface area contributed by atoms with Crippen LogP contribution in [0.25, 0.3) is 5.69 Å². The van der Waals surface area contributed by atoms with Crippen LogP contribution in [0.4, 0.5) is 11.4 Å². The standard InChI is InChI=1S/C19H18N4O4/c1-21(2)17-9-6-15(12-18(17)23(25)26)19(24)27-13-14-4-7-16(8-5-14)22-11-3-10-20-22/h3-12H,13H2,1-2H3. The summed E-state index contributed by atoms with van der Waals surface area (Å²) in [5.41, 5.74) is 2.12. The van der Waals surface area contributed by atoms with Crippen molar-refractivity contribution in [1.29, 1.82) is 0 Å². The highest BCUT2D eigenvalue weighted by atomic mass is 16.6. The van der Waals surface area contributed by atoms with Gasteiger partial charge in [0, 0.05) is 32.6 Å². The van der Waals surface area contributed by atoms with Crippen LogP contribution in [0.15, 0.2) is 60.9 Å². The molecule has 0 aliphatic heterocycles. The van der Waals surface area contributed by atoms with E-state index in [9.17, 15) is 14.9 Å². The van der Waals surface area contributed by atoms with Crippen LogP contribution >= 0.6 is 0 Å². The number of esters is 1. The summed E-state index contributed by atoms with van der Waals surface area (Å²) in [5, 5.41) is 15.4. The Morgan fingerprint density at radius 2 is 1.96 bits per heavy atom. The lowest BCUT2D eigenvalue weighted by Crippen LogP contribution is -2.12. The van der Waals surface area contributed by atoms with Crippen molar-refractivity contribution in [3.63, 3.8) is 0 Å². The van der Waals surface area contributed by atoms with Crippen LogP contribution in [-0.2, 0) is 11.3 Å². The largest absolute Gasteiger partial charge is 0.457 e. The number of nitrogens with zero attached hydrogens (tertiary/aromatic N) is 4. The molecule has 0 unspecified atom stereocenters. The van der Waals surface area contributed by atoms with Crippen LogP contribution in [0.3, 0.4) is 0 Å². The first-order valence-corrected chi connectivity index (χ1v) is 8.17. The Morgan fingerprint density at radius 1 is 1.22 bits per heavy atom. The van der Waals surface area contributed by atoms with Crippen LogP contribution in [-0.4, -0.2) is 34.8 Å². The zero-order chi connectivity index (χ0) is 19.4. The molecule has 3 rings (SSSR count). The summed E-state index contributed by atoms with van der Waals surface area (Å²) in [4.78, 5) is 24.6. The number of nitro benzene ring substituents is 1. The molecule has 27 heavy (non-hydrogen) atoms. The maximum absolute atomic E-state index is 12.3. The van der Waals surface area contributed by atoms with Crippen molar-refractivity contribution < 1.29 is 14.5 Å². The fourth-order valence-corrected chi connectivity index (χ4v) is 2.57. The number of carbonyl (C=O) groups excluding carboxylic acids is 1. The van der Waals surface area contributed by atoms with Gasteiger partial charge in [-0.05, 0) is 35.9 Å². The van der Waals surface area contributed by atoms with Crippen LogP contribution < -0.4 is 4.90 Å². The SMILES string of the molecule is CN(C)c1ccc(C(=O)OCc2ccc(-n3cccn3)cc2)cc1[N+](=O)[O-]. The maximum Gasteiger partial charge on any atom is 0.338 e. The molecule has 0 aliphatic rings. The number of carbonyl (C=O) groups is 1. The molecule has 8 heteroatoms. The highest BCUT2D eigenvalue weighted by Crippen LogP contribution is 2.28. The Morgan fingerprint density at radius 3 is 2.56 bits per heavy atom. The van der Waals surface area contributed by atoms with Crippen LogP contribution in [0.1, 0.15) is 15.9 Å². The second kappa shape index (κ2) is 7.69. The van der Waals surface area contributed by atoms with E-state index in [1.54, 1.807) is 29.9 Å². The van der Waals surface area contributed by atoms with E-state index >= 15 is 0 Å². The fraction of sp³-hybridized carbons (Fsp3) is 0.158. The summed E-state index contributed by atoms with van der Waals surface area (Å²) in [6.07, 6.45) is 3.52. The summed E-state index contributed by atoms with van der Waals surface area (Å²) in [6.45, 7) is 0.0709. The lowest BCUT2D eigenvalue weighted by atomic mass is 10.1. The van der Waals surface area contributed by atoms with Gasteiger partial charge in [0.25, 0.3) is 5.69 Å². The zero-order valence-corrected chi connectivity index (χ0v) is 14.9. The van der Waals surface area contributed by atoms with E-state index in [2.05, 4.69) is 5.10 Å². The fourth-order valence-electron chi connectivity index (χ4n) is 2.57. The van der Waals surface area contributed by atoms with Gasteiger partial charge in [-0.15, -0.1) is 0 Å². The van der Waals surface area contributed by atoms with Gasteiger partial charge in [0.15, 0.2) is 0 Å². The van der Waals surface area contributed by atoms with E-state index < -0.39 is 10.9 Å². The minimum absolute atomic E-state index is 0.0709. The van der Waals surface area contributed by atoms with Crippen LogP contribution in [0.5, 0.6) is 0 Å². The molecule has 0 radical (unpaired) electrons. The molecule has 0 aliphatic carbocycles. The third kappa shape index (κ3) is 4.12. The number of rotatable bonds is 6. The second-order valence-corrected chi connectivity index (χ2v) is 6.05.